The molecule has 0 bridgehead atoms. The Bertz CT molecular complexity index is 551. The molecular formula is C13H23N3O5S. The Hall–Kier alpha value is -1.55. The second-order valence-electron chi connectivity index (χ2n) is 4.92. The average Bonchev–Trinajstić information content (AvgIpc) is 2.91. The Labute approximate surface area is 130 Å². The van der Waals surface area contributed by atoms with E-state index in [0.29, 0.717) is 0 Å². The van der Waals surface area contributed by atoms with Crippen LogP contribution in [0.4, 0.5) is 17.1 Å². The first-order valence-electron chi connectivity index (χ1n) is 7.00. The molecule has 0 aliphatic carbocycles. The Kier molecular flexibility index (Phi) is 7.39. The number of nitrogens with one attached hydrogen (secondary N) is 1. The maximum Gasteiger partial charge on any atom is 0.394 e. The molecule has 0 unspecified atom stereocenters. The fourth-order valence-corrected chi connectivity index (χ4v) is 2.22. The van der Waals surface area contributed by atoms with Gasteiger partial charge in [-0.05, 0) is 37.5 Å². The highest BCUT2D eigenvalue weighted by Crippen LogP contribution is 2.29. The van der Waals surface area contributed by atoms with E-state index in [1.54, 1.807) is 0 Å². The molecule has 22 heavy (non-hydrogen) atoms. The second kappa shape index (κ2) is 8.79. The van der Waals surface area contributed by atoms with Gasteiger partial charge < -0.3 is 21.1 Å². The van der Waals surface area contributed by atoms with Crippen LogP contribution in [0.15, 0.2) is 18.2 Å². The van der Waals surface area contributed by atoms with Crippen LogP contribution in [-0.4, -0.2) is 48.9 Å². The molecule has 0 radical (unpaired) electrons. The highest BCUT2D eigenvalue weighted by molar-refractivity contribution is 7.79. The molecule has 1 aromatic carbocycles. The van der Waals surface area contributed by atoms with Crippen LogP contribution in [-0.2, 0) is 10.4 Å². The average molecular weight is 333 g/mol. The molecule has 1 aliphatic heterocycles. The molecule has 1 heterocycles. The van der Waals surface area contributed by atoms with Gasteiger partial charge in [-0.2, -0.15) is 8.42 Å². The Morgan fingerprint density at radius 1 is 1.23 bits per heavy atom. The third-order valence-corrected chi connectivity index (χ3v) is 3.14. The minimum Gasteiger partial charge on any atom is -0.397 e. The van der Waals surface area contributed by atoms with Gasteiger partial charge in [-0.15, -0.1) is 0 Å². The largest absolute Gasteiger partial charge is 0.397 e. The van der Waals surface area contributed by atoms with Crippen molar-refractivity contribution in [3.05, 3.63) is 18.2 Å². The van der Waals surface area contributed by atoms with Crippen molar-refractivity contribution in [1.29, 1.82) is 0 Å². The highest BCUT2D eigenvalue weighted by atomic mass is 32.3. The lowest BCUT2D eigenvalue weighted by molar-refractivity contribution is 0.292. The van der Waals surface area contributed by atoms with Crippen molar-refractivity contribution >= 4 is 27.5 Å². The third kappa shape index (κ3) is 7.46. The predicted molar refractivity (Wildman–Crippen MR) is 86.7 cm³/mol. The zero-order chi connectivity index (χ0) is 16.6. The number of hydrogen-bond donors (Lipinski definition) is 5. The van der Waals surface area contributed by atoms with Gasteiger partial charge in [0.1, 0.15) is 0 Å². The molecule has 0 atom stereocenters. The lowest BCUT2D eigenvalue weighted by Crippen LogP contribution is -2.19. The van der Waals surface area contributed by atoms with E-state index >= 15 is 0 Å². The van der Waals surface area contributed by atoms with E-state index in [1.807, 2.05) is 6.07 Å². The zero-order valence-electron chi connectivity index (χ0n) is 12.3. The topological polar surface area (TPSA) is 136 Å². The van der Waals surface area contributed by atoms with Crippen LogP contribution in [0.1, 0.15) is 19.3 Å². The van der Waals surface area contributed by atoms with Crippen LogP contribution in [0.5, 0.6) is 0 Å². The van der Waals surface area contributed by atoms with Crippen LogP contribution in [0.25, 0.3) is 0 Å². The molecule has 2 rings (SSSR count). The van der Waals surface area contributed by atoms with Gasteiger partial charge in [0, 0.05) is 31.9 Å². The van der Waals surface area contributed by atoms with E-state index in [2.05, 4.69) is 22.3 Å². The van der Waals surface area contributed by atoms with Gasteiger partial charge in [-0.1, -0.05) is 0 Å². The summed E-state index contributed by atoms with van der Waals surface area (Å²) in [6.45, 7) is 3.22. The number of nitrogen functional groups attached to an aromatic ring is 1. The first-order chi connectivity index (χ1) is 10.3. The lowest BCUT2D eigenvalue weighted by Gasteiger charge is -2.20. The molecule has 1 saturated heterocycles. The number of hydrogen-bond acceptors (Lipinski definition) is 6. The van der Waals surface area contributed by atoms with Gasteiger partial charge in [0.05, 0.1) is 11.4 Å². The number of aliphatic hydroxyl groups excluding tert-OH is 1. The molecule has 0 amide bonds. The number of benzene rings is 1. The second-order valence-corrected chi connectivity index (χ2v) is 5.82. The zero-order valence-corrected chi connectivity index (χ0v) is 13.1. The van der Waals surface area contributed by atoms with E-state index in [-0.39, 0.29) is 6.61 Å². The first kappa shape index (κ1) is 18.5. The van der Waals surface area contributed by atoms with Crippen molar-refractivity contribution in [3.63, 3.8) is 0 Å². The fourth-order valence-electron chi connectivity index (χ4n) is 2.22. The summed E-state index contributed by atoms with van der Waals surface area (Å²) in [7, 11) is -4.67. The van der Waals surface area contributed by atoms with Crippen LogP contribution < -0.4 is 16.0 Å². The van der Waals surface area contributed by atoms with Gasteiger partial charge in [0.2, 0.25) is 0 Å². The van der Waals surface area contributed by atoms with Gasteiger partial charge in [0.25, 0.3) is 0 Å². The quantitative estimate of drug-likeness (QED) is 0.306. The van der Waals surface area contributed by atoms with Crippen molar-refractivity contribution in [3.8, 4) is 0 Å². The van der Waals surface area contributed by atoms with E-state index in [9.17, 15) is 0 Å². The number of aliphatic hydroxyl groups is 1. The molecule has 9 heteroatoms. The van der Waals surface area contributed by atoms with Crippen molar-refractivity contribution in [2.75, 3.05) is 42.2 Å². The minimum absolute atomic E-state index is 0.217. The summed E-state index contributed by atoms with van der Waals surface area (Å²) in [6, 6.07) is 6.12. The molecule has 0 aromatic heterocycles. The molecule has 0 spiro atoms. The van der Waals surface area contributed by atoms with Gasteiger partial charge >= 0.3 is 10.4 Å². The van der Waals surface area contributed by atoms with Gasteiger partial charge in [0.15, 0.2) is 0 Å². The van der Waals surface area contributed by atoms with Crippen LogP contribution >= 0.6 is 0 Å². The molecule has 1 aliphatic rings. The number of anilines is 3. The summed E-state index contributed by atoms with van der Waals surface area (Å²) in [4.78, 5) is 2.34. The summed E-state index contributed by atoms with van der Waals surface area (Å²) >= 11 is 0. The molecule has 8 nitrogen and oxygen atoms in total. The SMILES string of the molecule is Nc1cc(NCCCO)ccc1N1CCCC1.O=S(=O)(O)O. The normalized spacial score (nSPS) is 14.4. The number of nitrogens with two attached hydrogens (primary N) is 1. The maximum atomic E-state index is 8.74. The van der Waals surface area contributed by atoms with E-state index in [1.165, 1.54) is 12.8 Å². The van der Waals surface area contributed by atoms with Crippen molar-refractivity contribution in [2.45, 2.75) is 19.3 Å². The summed E-state index contributed by atoms with van der Waals surface area (Å²) in [5.74, 6) is 0. The summed E-state index contributed by atoms with van der Waals surface area (Å²) in [6.07, 6.45) is 3.28. The summed E-state index contributed by atoms with van der Waals surface area (Å²) in [5, 5.41) is 12.0. The van der Waals surface area contributed by atoms with Crippen molar-refractivity contribution in [2.24, 2.45) is 0 Å². The molecule has 1 aromatic rings. The smallest absolute Gasteiger partial charge is 0.394 e. The van der Waals surface area contributed by atoms with Crippen LogP contribution in [0.3, 0.4) is 0 Å². The number of rotatable bonds is 5. The Morgan fingerprint density at radius 2 is 1.82 bits per heavy atom. The van der Waals surface area contributed by atoms with Crippen molar-refractivity contribution in [1.82, 2.24) is 0 Å². The molecule has 0 saturated carbocycles. The summed E-state index contributed by atoms with van der Waals surface area (Å²) in [5.41, 5.74) is 9.08. The molecule has 1 fully saturated rings. The van der Waals surface area contributed by atoms with Crippen LogP contribution in [0, 0.1) is 0 Å². The molecule has 6 N–H and O–H groups in total. The molecule has 126 valence electrons. The maximum absolute atomic E-state index is 8.74. The monoisotopic (exact) mass is 333 g/mol. The lowest BCUT2D eigenvalue weighted by atomic mass is 10.2. The Morgan fingerprint density at radius 3 is 2.32 bits per heavy atom. The van der Waals surface area contributed by atoms with E-state index in [4.69, 9.17) is 28.4 Å². The molecular weight excluding hydrogens is 310 g/mol. The van der Waals surface area contributed by atoms with E-state index < -0.39 is 10.4 Å². The standard InChI is InChI=1S/C13H21N3O.H2O4S/c14-12-10-11(15-6-3-9-17)4-5-13(12)16-7-1-2-8-16;1-5(2,3)4/h4-5,10,15,17H,1-3,6-9,14H2;(H2,1,2,3,4). The first-order valence-corrected chi connectivity index (χ1v) is 8.40. The predicted octanol–water partition coefficient (Wildman–Crippen LogP) is 1.01. The number of nitrogens with zero attached hydrogens (tertiary/aromatic N) is 1. The van der Waals surface area contributed by atoms with E-state index in [0.717, 1.165) is 43.1 Å². The summed E-state index contributed by atoms with van der Waals surface area (Å²) < 4.78 is 31.6. The van der Waals surface area contributed by atoms with Crippen molar-refractivity contribution < 1.29 is 22.6 Å². The minimum atomic E-state index is -4.67. The Balaban J connectivity index is 0.000000422. The van der Waals surface area contributed by atoms with Crippen LogP contribution in [0.2, 0.25) is 0 Å². The third-order valence-electron chi connectivity index (χ3n) is 3.14. The highest BCUT2D eigenvalue weighted by Gasteiger charge is 2.14. The fraction of sp³-hybridized carbons (Fsp3) is 0.538. The van der Waals surface area contributed by atoms with Gasteiger partial charge in [-0.25, -0.2) is 0 Å². The van der Waals surface area contributed by atoms with Gasteiger partial charge in [-0.3, -0.25) is 9.11 Å².